The molecule has 2 heterocycles. The van der Waals surface area contributed by atoms with Crippen molar-refractivity contribution in [2.24, 2.45) is 0 Å². The molecule has 32 heavy (non-hydrogen) atoms. The van der Waals surface area contributed by atoms with E-state index in [9.17, 15) is 9.18 Å². The number of fused-ring (bicyclic) bond motifs is 1. The number of methoxy groups -OCH3 is 2. The van der Waals surface area contributed by atoms with E-state index in [4.69, 9.17) is 9.47 Å². The van der Waals surface area contributed by atoms with Gasteiger partial charge < -0.3 is 14.5 Å². The van der Waals surface area contributed by atoms with Crippen LogP contribution in [0, 0.1) is 5.82 Å². The van der Waals surface area contributed by atoms with Crippen LogP contribution in [-0.4, -0.2) is 42.7 Å². The maximum Gasteiger partial charge on any atom is 0.260 e. The quantitative estimate of drug-likeness (QED) is 0.426. The molecule has 8 heteroatoms. The zero-order valence-corrected chi connectivity index (χ0v) is 19.0. The molecule has 0 saturated heterocycles. The first-order chi connectivity index (χ1) is 15.5. The van der Waals surface area contributed by atoms with Crippen molar-refractivity contribution in [2.45, 2.75) is 13.0 Å². The van der Waals surface area contributed by atoms with Crippen LogP contribution < -0.4 is 15.0 Å². The van der Waals surface area contributed by atoms with E-state index >= 15 is 0 Å². The van der Waals surface area contributed by atoms with Crippen molar-refractivity contribution in [1.82, 2.24) is 14.9 Å². The Morgan fingerprint density at radius 1 is 1.09 bits per heavy atom. The second-order valence-electron chi connectivity index (χ2n) is 7.53. The zero-order valence-electron chi connectivity index (χ0n) is 18.1. The number of hydrogen-bond donors (Lipinski definition) is 1. The molecule has 0 fully saturated rings. The molecule has 4 aromatic rings. The normalized spacial score (nSPS) is 11.3. The van der Waals surface area contributed by atoms with E-state index in [2.05, 4.69) is 14.9 Å². The molecule has 4 rings (SSSR count). The fourth-order valence-electron chi connectivity index (χ4n) is 3.60. The van der Waals surface area contributed by atoms with Gasteiger partial charge in [-0.05, 0) is 48.9 Å². The van der Waals surface area contributed by atoms with Gasteiger partial charge in [-0.15, -0.1) is 11.3 Å². The summed E-state index contributed by atoms with van der Waals surface area (Å²) in [4.78, 5) is 23.2. The largest absolute Gasteiger partial charge is 0.493 e. The third-order valence-electron chi connectivity index (χ3n) is 5.30. The second kappa shape index (κ2) is 9.50. The zero-order chi connectivity index (χ0) is 22.7. The van der Waals surface area contributed by atoms with Gasteiger partial charge in [0.15, 0.2) is 11.5 Å². The monoisotopic (exact) mass is 453 g/mol. The SMILES string of the molecule is COc1ccc(CCN(C)Cc2nc3scc(-c4ccc(F)cc4)c3c(=O)[nH]2)cc1OC. The van der Waals surface area contributed by atoms with Gasteiger partial charge in [-0.2, -0.15) is 0 Å². The molecule has 0 amide bonds. The van der Waals surface area contributed by atoms with Crippen molar-refractivity contribution in [3.8, 4) is 22.6 Å². The van der Waals surface area contributed by atoms with E-state index in [-0.39, 0.29) is 11.4 Å². The number of hydrogen-bond acceptors (Lipinski definition) is 6. The summed E-state index contributed by atoms with van der Waals surface area (Å²) in [6.45, 7) is 1.30. The van der Waals surface area contributed by atoms with E-state index in [0.29, 0.717) is 34.1 Å². The number of likely N-dealkylation sites (N-methyl/N-ethyl adjacent to an activating group) is 1. The molecule has 6 nitrogen and oxygen atoms in total. The lowest BCUT2D eigenvalue weighted by atomic mass is 10.1. The molecule has 0 aliphatic rings. The maximum atomic E-state index is 13.2. The number of nitrogens with zero attached hydrogens (tertiary/aromatic N) is 2. The number of halogens is 1. The molecule has 0 unspecified atom stereocenters. The summed E-state index contributed by atoms with van der Waals surface area (Å²) in [5.74, 6) is 1.72. The lowest BCUT2D eigenvalue weighted by Crippen LogP contribution is -2.24. The molecule has 166 valence electrons. The highest BCUT2D eigenvalue weighted by Gasteiger charge is 2.14. The highest BCUT2D eigenvalue weighted by atomic mass is 32.1. The standard InChI is InChI=1S/C24H24FN3O3S/c1-28(11-10-15-4-9-19(30-2)20(12-15)31-3)13-21-26-23(29)22-18(14-32-24(22)27-21)16-5-7-17(25)8-6-16/h4-9,12,14H,10-11,13H2,1-3H3,(H,26,27,29). The van der Waals surface area contributed by atoms with Crippen LogP contribution in [0.2, 0.25) is 0 Å². The molecule has 1 N–H and O–H groups in total. The number of benzene rings is 2. The molecule has 2 aromatic heterocycles. The first-order valence-corrected chi connectivity index (χ1v) is 11.0. The minimum Gasteiger partial charge on any atom is -0.493 e. The molecule has 0 saturated carbocycles. The van der Waals surface area contributed by atoms with Gasteiger partial charge in [-0.1, -0.05) is 18.2 Å². The Balaban J connectivity index is 1.47. The Kier molecular flexibility index (Phi) is 6.53. The Labute approximate surface area is 189 Å². The van der Waals surface area contributed by atoms with Crippen LogP contribution in [0.3, 0.4) is 0 Å². The topological polar surface area (TPSA) is 67.5 Å². The van der Waals surface area contributed by atoms with Gasteiger partial charge in [0, 0.05) is 17.5 Å². The van der Waals surface area contributed by atoms with Gasteiger partial charge in [-0.25, -0.2) is 9.37 Å². The van der Waals surface area contributed by atoms with E-state index in [1.54, 1.807) is 26.4 Å². The van der Waals surface area contributed by atoms with E-state index in [1.165, 1.54) is 23.5 Å². The van der Waals surface area contributed by atoms with Crippen LogP contribution in [0.15, 0.2) is 52.6 Å². The first kappa shape index (κ1) is 22.0. The fraction of sp³-hybridized carbons (Fsp3) is 0.250. The minimum absolute atomic E-state index is 0.182. The number of H-pyrrole nitrogens is 1. The predicted molar refractivity (Wildman–Crippen MR) is 125 cm³/mol. The highest BCUT2D eigenvalue weighted by molar-refractivity contribution is 7.17. The lowest BCUT2D eigenvalue weighted by molar-refractivity contribution is 0.322. The average molecular weight is 454 g/mol. The molecule has 0 spiro atoms. The summed E-state index contributed by atoms with van der Waals surface area (Å²) in [6, 6.07) is 12.0. The Bertz CT molecular complexity index is 1280. The molecule has 0 atom stereocenters. The van der Waals surface area contributed by atoms with Crippen LogP contribution in [0.4, 0.5) is 4.39 Å². The summed E-state index contributed by atoms with van der Waals surface area (Å²) >= 11 is 1.42. The summed E-state index contributed by atoms with van der Waals surface area (Å²) < 4.78 is 23.9. The van der Waals surface area contributed by atoms with Crippen molar-refractivity contribution >= 4 is 21.6 Å². The third-order valence-corrected chi connectivity index (χ3v) is 6.17. The van der Waals surface area contributed by atoms with E-state index in [1.807, 2.05) is 30.6 Å². The summed E-state index contributed by atoms with van der Waals surface area (Å²) in [5, 5.41) is 2.43. The molecular formula is C24H24FN3O3S. The second-order valence-corrected chi connectivity index (χ2v) is 8.38. The molecule has 0 aliphatic heterocycles. The van der Waals surface area contributed by atoms with Gasteiger partial charge in [0.25, 0.3) is 5.56 Å². The fourth-order valence-corrected chi connectivity index (χ4v) is 4.57. The van der Waals surface area contributed by atoms with Gasteiger partial charge in [0.1, 0.15) is 16.5 Å². The minimum atomic E-state index is -0.307. The smallest absolute Gasteiger partial charge is 0.260 e. The van der Waals surface area contributed by atoms with Gasteiger partial charge in [0.2, 0.25) is 0 Å². The van der Waals surface area contributed by atoms with Crippen molar-refractivity contribution in [2.75, 3.05) is 27.8 Å². The van der Waals surface area contributed by atoms with Crippen molar-refractivity contribution in [3.05, 3.63) is 75.4 Å². The Morgan fingerprint density at radius 2 is 1.84 bits per heavy atom. The number of thiophene rings is 1. The molecule has 2 aromatic carbocycles. The van der Waals surface area contributed by atoms with Crippen molar-refractivity contribution in [3.63, 3.8) is 0 Å². The number of rotatable bonds is 8. The Morgan fingerprint density at radius 3 is 2.56 bits per heavy atom. The molecule has 0 radical (unpaired) electrons. The van der Waals surface area contributed by atoms with Gasteiger partial charge in [0.05, 0.1) is 26.2 Å². The number of aromatic amines is 1. The maximum absolute atomic E-state index is 13.2. The molecule has 0 bridgehead atoms. The summed E-state index contributed by atoms with van der Waals surface area (Å²) in [5.41, 5.74) is 2.52. The van der Waals surface area contributed by atoms with Crippen molar-refractivity contribution < 1.29 is 13.9 Å². The number of nitrogens with one attached hydrogen (secondary N) is 1. The van der Waals surface area contributed by atoms with Crippen molar-refractivity contribution in [1.29, 1.82) is 0 Å². The van der Waals surface area contributed by atoms with Crippen LogP contribution >= 0.6 is 11.3 Å². The highest BCUT2D eigenvalue weighted by Crippen LogP contribution is 2.31. The summed E-state index contributed by atoms with van der Waals surface area (Å²) in [6.07, 6.45) is 0.817. The lowest BCUT2D eigenvalue weighted by Gasteiger charge is -2.16. The van der Waals surface area contributed by atoms with E-state index in [0.717, 1.165) is 29.7 Å². The summed E-state index contributed by atoms with van der Waals surface area (Å²) in [7, 11) is 5.23. The number of ether oxygens (including phenoxy) is 2. The van der Waals surface area contributed by atoms with E-state index < -0.39 is 0 Å². The molecular weight excluding hydrogens is 429 g/mol. The average Bonchev–Trinajstić information content (AvgIpc) is 3.22. The van der Waals surface area contributed by atoms with Gasteiger partial charge in [-0.3, -0.25) is 9.69 Å². The van der Waals surface area contributed by atoms with Crippen LogP contribution in [0.25, 0.3) is 21.3 Å². The van der Waals surface area contributed by atoms with Crippen LogP contribution in [0.5, 0.6) is 11.5 Å². The predicted octanol–water partition coefficient (Wildman–Crippen LogP) is 4.48. The van der Waals surface area contributed by atoms with Gasteiger partial charge >= 0.3 is 0 Å². The van der Waals surface area contributed by atoms with Crippen LogP contribution in [0.1, 0.15) is 11.4 Å². The number of aromatic nitrogens is 2. The first-order valence-electron chi connectivity index (χ1n) is 10.1. The van der Waals surface area contributed by atoms with Crippen LogP contribution in [-0.2, 0) is 13.0 Å². The molecule has 0 aliphatic carbocycles. The third kappa shape index (κ3) is 4.66. The Hall–Kier alpha value is -3.23.